The Morgan fingerprint density at radius 2 is 2.06 bits per heavy atom. The third-order valence-electron chi connectivity index (χ3n) is 2.27. The van der Waals surface area contributed by atoms with Gasteiger partial charge < -0.3 is 18.5 Å². The van der Waals surface area contributed by atoms with E-state index in [-0.39, 0.29) is 6.10 Å². The molecule has 0 bridgehead atoms. The van der Waals surface area contributed by atoms with Gasteiger partial charge in [0.15, 0.2) is 5.79 Å². The van der Waals surface area contributed by atoms with Gasteiger partial charge in [0.2, 0.25) is 5.69 Å². The first-order valence-electron chi connectivity index (χ1n) is 5.35. The van der Waals surface area contributed by atoms with Crippen LogP contribution < -0.4 is 0 Å². The van der Waals surface area contributed by atoms with Crippen molar-refractivity contribution >= 4 is 28.9 Å². The van der Waals surface area contributed by atoms with E-state index in [9.17, 15) is 0 Å². The minimum Gasteiger partial charge on any atom is -0.348 e. The molecule has 0 aliphatic carbocycles. The zero-order chi connectivity index (χ0) is 11.6. The lowest BCUT2D eigenvalue weighted by molar-refractivity contribution is -0.135. The maximum absolute atomic E-state index is 5.70. The van der Waals surface area contributed by atoms with Crippen molar-refractivity contribution < 1.29 is 18.5 Å². The van der Waals surface area contributed by atoms with Gasteiger partial charge in [0.1, 0.15) is 0 Å². The van der Waals surface area contributed by atoms with E-state index in [1.165, 1.54) is 0 Å². The Morgan fingerprint density at radius 1 is 1.38 bits per heavy atom. The standard InChI is InChI=1S/C9H17O4PS2/c1-9(2)10-6-8(13-9)7-16-14(15)11-4-3-5-12-14/h8H,3-7H2,1-2H3. The normalized spacial score (nSPS) is 32.8. The fraction of sp³-hybridized carbons (Fsp3) is 1.00. The highest BCUT2D eigenvalue weighted by molar-refractivity contribution is 8.67. The van der Waals surface area contributed by atoms with Crippen LogP contribution in [0.5, 0.6) is 0 Å². The largest absolute Gasteiger partial charge is 0.348 e. The van der Waals surface area contributed by atoms with Crippen LogP contribution in [-0.4, -0.2) is 37.5 Å². The maximum atomic E-state index is 5.70. The Balaban J connectivity index is 1.77. The Bertz CT molecular complexity index is 287. The predicted molar refractivity (Wildman–Crippen MR) is 68.2 cm³/mol. The topological polar surface area (TPSA) is 36.9 Å². The second-order valence-corrected chi connectivity index (χ2v) is 10.6. The van der Waals surface area contributed by atoms with Gasteiger partial charge in [0.25, 0.3) is 0 Å². The molecule has 1 unspecified atom stereocenters. The molecule has 2 fully saturated rings. The average molecular weight is 284 g/mol. The van der Waals surface area contributed by atoms with Gasteiger partial charge in [-0.2, -0.15) is 0 Å². The minimum absolute atomic E-state index is 0.0916. The molecule has 2 heterocycles. The Morgan fingerprint density at radius 3 is 2.62 bits per heavy atom. The molecule has 0 radical (unpaired) electrons. The molecular weight excluding hydrogens is 267 g/mol. The minimum atomic E-state index is -2.09. The van der Waals surface area contributed by atoms with Crippen molar-refractivity contribution in [2.75, 3.05) is 25.6 Å². The highest BCUT2D eigenvalue weighted by atomic mass is 32.9. The van der Waals surface area contributed by atoms with Crippen LogP contribution in [0.25, 0.3) is 0 Å². The van der Waals surface area contributed by atoms with E-state index in [0.29, 0.717) is 6.61 Å². The summed E-state index contributed by atoms with van der Waals surface area (Å²) in [5.41, 5.74) is -2.09. The van der Waals surface area contributed by atoms with Gasteiger partial charge >= 0.3 is 0 Å². The van der Waals surface area contributed by atoms with E-state index in [2.05, 4.69) is 0 Å². The van der Waals surface area contributed by atoms with Crippen LogP contribution in [0.1, 0.15) is 20.3 Å². The van der Waals surface area contributed by atoms with Crippen molar-refractivity contribution in [1.29, 1.82) is 0 Å². The van der Waals surface area contributed by atoms with E-state index < -0.39 is 11.5 Å². The van der Waals surface area contributed by atoms with Crippen molar-refractivity contribution in [2.24, 2.45) is 0 Å². The monoisotopic (exact) mass is 284 g/mol. The number of ether oxygens (including phenoxy) is 2. The molecule has 4 nitrogen and oxygen atoms in total. The molecule has 0 aromatic carbocycles. The highest BCUT2D eigenvalue weighted by Gasteiger charge is 2.34. The molecule has 2 saturated heterocycles. The first-order valence-corrected chi connectivity index (χ1v) is 9.57. The number of hydrogen-bond acceptors (Lipinski definition) is 6. The van der Waals surface area contributed by atoms with Crippen LogP contribution in [-0.2, 0) is 30.3 Å². The first-order chi connectivity index (χ1) is 7.49. The SMILES string of the molecule is CC1(C)OCC(CSP2(=S)OCCCO2)O1. The summed E-state index contributed by atoms with van der Waals surface area (Å²) in [6.07, 6.45) is 1.03. The Hall–Kier alpha value is 0.840. The van der Waals surface area contributed by atoms with Crippen LogP contribution >= 0.6 is 17.1 Å². The molecule has 2 rings (SSSR count). The second kappa shape index (κ2) is 5.22. The van der Waals surface area contributed by atoms with Crippen molar-refractivity contribution in [2.45, 2.75) is 32.2 Å². The van der Waals surface area contributed by atoms with Gasteiger partial charge in [-0.1, -0.05) is 11.4 Å². The van der Waals surface area contributed by atoms with Crippen molar-refractivity contribution in [1.82, 2.24) is 0 Å². The predicted octanol–water partition coefficient (Wildman–Crippen LogP) is 2.53. The van der Waals surface area contributed by atoms with Crippen LogP contribution in [0.3, 0.4) is 0 Å². The average Bonchev–Trinajstić information content (AvgIpc) is 2.57. The molecule has 2 aliphatic rings. The Kier molecular flexibility index (Phi) is 4.33. The number of rotatable bonds is 3. The van der Waals surface area contributed by atoms with Crippen molar-refractivity contribution in [3.05, 3.63) is 0 Å². The van der Waals surface area contributed by atoms with Crippen molar-refractivity contribution in [3.63, 3.8) is 0 Å². The fourth-order valence-electron chi connectivity index (χ4n) is 1.54. The fourth-order valence-corrected chi connectivity index (χ4v) is 5.92. The summed E-state index contributed by atoms with van der Waals surface area (Å²) in [5.74, 6) is 0.313. The Labute approximate surface area is 105 Å². The van der Waals surface area contributed by atoms with Crippen LogP contribution in [0.2, 0.25) is 0 Å². The molecule has 7 heteroatoms. The van der Waals surface area contributed by atoms with Gasteiger partial charge in [0.05, 0.1) is 25.9 Å². The zero-order valence-electron chi connectivity index (χ0n) is 9.51. The highest BCUT2D eigenvalue weighted by Crippen LogP contribution is 2.62. The molecule has 1 atom stereocenters. The lowest BCUT2D eigenvalue weighted by atomic mass is 10.4. The molecule has 0 saturated carbocycles. The molecule has 16 heavy (non-hydrogen) atoms. The molecule has 0 amide bonds. The van der Waals surface area contributed by atoms with Crippen LogP contribution in [0.4, 0.5) is 0 Å². The van der Waals surface area contributed by atoms with Gasteiger partial charge in [-0.25, -0.2) is 0 Å². The van der Waals surface area contributed by atoms with Crippen LogP contribution in [0, 0.1) is 0 Å². The molecule has 0 aromatic heterocycles. The molecule has 0 aromatic rings. The van der Waals surface area contributed by atoms with E-state index in [1.807, 2.05) is 13.8 Å². The van der Waals surface area contributed by atoms with Gasteiger partial charge in [-0.05, 0) is 32.1 Å². The zero-order valence-corrected chi connectivity index (χ0v) is 12.0. The molecule has 0 N–H and O–H groups in total. The van der Waals surface area contributed by atoms with Gasteiger partial charge in [-0.15, -0.1) is 0 Å². The summed E-state index contributed by atoms with van der Waals surface area (Å²) >= 11 is 6.95. The van der Waals surface area contributed by atoms with E-state index in [1.54, 1.807) is 11.4 Å². The summed E-state index contributed by atoms with van der Waals surface area (Å²) in [6.45, 7) is 5.90. The lowest BCUT2D eigenvalue weighted by Crippen LogP contribution is -2.22. The second-order valence-electron chi connectivity index (χ2n) is 4.21. The smallest absolute Gasteiger partial charge is 0.247 e. The van der Waals surface area contributed by atoms with E-state index in [4.69, 9.17) is 30.3 Å². The number of hydrogen-bond donors (Lipinski definition) is 0. The summed E-state index contributed by atoms with van der Waals surface area (Å²) in [4.78, 5) is 0. The summed E-state index contributed by atoms with van der Waals surface area (Å²) < 4.78 is 22.3. The quantitative estimate of drug-likeness (QED) is 0.741. The molecule has 94 valence electrons. The molecular formula is C9H17O4PS2. The van der Waals surface area contributed by atoms with Gasteiger partial charge in [-0.3, -0.25) is 0 Å². The maximum Gasteiger partial charge on any atom is 0.247 e. The van der Waals surface area contributed by atoms with Crippen LogP contribution in [0.15, 0.2) is 0 Å². The summed E-state index contributed by atoms with van der Waals surface area (Å²) in [6, 6.07) is 0. The third-order valence-corrected chi connectivity index (χ3v) is 7.72. The first kappa shape index (κ1) is 13.3. The van der Waals surface area contributed by atoms with Gasteiger partial charge in [0, 0.05) is 5.75 Å². The molecule has 2 aliphatic heterocycles. The molecule has 0 spiro atoms. The third kappa shape index (κ3) is 3.67. The summed E-state index contributed by atoms with van der Waals surface area (Å²) in [7, 11) is 0. The lowest BCUT2D eigenvalue weighted by Gasteiger charge is -2.26. The van der Waals surface area contributed by atoms with Crippen molar-refractivity contribution in [3.8, 4) is 0 Å². The summed E-state index contributed by atoms with van der Waals surface area (Å²) in [5, 5.41) is 0. The van der Waals surface area contributed by atoms with E-state index in [0.717, 1.165) is 25.4 Å². The van der Waals surface area contributed by atoms with E-state index >= 15 is 0 Å².